The van der Waals surface area contributed by atoms with Gasteiger partial charge in [-0.05, 0) is 43.9 Å². The molecule has 0 aliphatic heterocycles. The van der Waals surface area contributed by atoms with E-state index in [1.165, 1.54) is 36.9 Å². The summed E-state index contributed by atoms with van der Waals surface area (Å²) in [5, 5.41) is 3.62. The number of anilines is 1. The summed E-state index contributed by atoms with van der Waals surface area (Å²) in [6, 6.07) is 7.00. The van der Waals surface area contributed by atoms with Crippen molar-refractivity contribution in [3.05, 3.63) is 28.2 Å². The minimum absolute atomic E-state index is 0.582. The van der Waals surface area contributed by atoms with Crippen molar-refractivity contribution in [1.82, 2.24) is 0 Å². The van der Waals surface area contributed by atoms with Gasteiger partial charge in [0, 0.05) is 16.2 Å². The highest BCUT2D eigenvalue weighted by atomic mass is 79.9. The van der Waals surface area contributed by atoms with E-state index in [1.54, 1.807) is 0 Å². The largest absolute Gasteiger partial charge is 0.382 e. The number of rotatable bonds is 4. The van der Waals surface area contributed by atoms with E-state index in [-0.39, 0.29) is 0 Å². The van der Waals surface area contributed by atoms with Gasteiger partial charge in [0.15, 0.2) is 0 Å². The van der Waals surface area contributed by atoms with Gasteiger partial charge in [-0.25, -0.2) is 0 Å². The van der Waals surface area contributed by atoms with Gasteiger partial charge in [-0.1, -0.05) is 41.3 Å². The molecule has 0 bridgehead atoms. The average Bonchev–Trinajstić information content (AvgIpc) is 2.18. The highest BCUT2D eigenvalue weighted by Gasteiger charge is 2.19. The number of hydrogen-bond acceptors (Lipinski definition) is 1. The second kappa shape index (κ2) is 5.22. The van der Waals surface area contributed by atoms with Gasteiger partial charge in [-0.2, -0.15) is 0 Å². The molecule has 1 aromatic rings. The Morgan fingerprint density at radius 2 is 2.19 bits per heavy atom. The SMILES string of the molecule is Cc1ccc(Br)cc1NC(C)CC1CCC1. The molecule has 1 nitrogen and oxygen atoms in total. The van der Waals surface area contributed by atoms with E-state index in [9.17, 15) is 0 Å². The number of halogens is 1. The molecule has 0 spiro atoms. The third kappa shape index (κ3) is 3.00. The summed E-state index contributed by atoms with van der Waals surface area (Å²) in [6.45, 7) is 4.45. The maximum absolute atomic E-state index is 3.62. The number of benzene rings is 1. The third-order valence-electron chi connectivity index (χ3n) is 3.51. The molecule has 0 radical (unpaired) electrons. The standard InChI is InChI=1S/C14H20BrN/c1-10-6-7-13(15)9-14(10)16-11(2)8-12-4-3-5-12/h6-7,9,11-12,16H,3-5,8H2,1-2H3. The Kier molecular flexibility index (Phi) is 3.91. The fourth-order valence-electron chi connectivity index (χ4n) is 2.30. The predicted molar refractivity (Wildman–Crippen MR) is 73.9 cm³/mol. The summed E-state index contributed by atoms with van der Waals surface area (Å²) < 4.78 is 1.15. The molecule has 0 saturated heterocycles. The quantitative estimate of drug-likeness (QED) is 0.840. The maximum atomic E-state index is 3.62. The summed E-state index contributed by atoms with van der Waals surface area (Å²) in [5.74, 6) is 0.968. The van der Waals surface area contributed by atoms with Gasteiger partial charge in [0.05, 0.1) is 0 Å². The van der Waals surface area contributed by atoms with Gasteiger partial charge in [0.25, 0.3) is 0 Å². The topological polar surface area (TPSA) is 12.0 Å². The average molecular weight is 282 g/mol. The number of hydrogen-bond donors (Lipinski definition) is 1. The lowest BCUT2D eigenvalue weighted by Crippen LogP contribution is -2.23. The van der Waals surface area contributed by atoms with Crippen LogP contribution in [0.1, 0.15) is 38.2 Å². The number of nitrogens with one attached hydrogen (secondary N) is 1. The van der Waals surface area contributed by atoms with Gasteiger partial charge in [0.1, 0.15) is 0 Å². The van der Waals surface area contributed by atoms with E-state index >= 15 is 0 Å². The van der Waals surface area contributed by atoms with Crippen LogP contribution in [0.3, 0.4) is 0 Å². The molecule has 88 valence electrons. The molecule has 1 aliphatic rings. The van der Waals surface area contributed by atoms with Crippen LogP contribution >= 0.6 is 15.9 Å². The minimum Gasteiger partial charge on any atom is -0.382 e. The van der Waals surface area contributed by atoms with E-state index in [0.717, 1.165) is 10.4 Å². The van der Waals surface area contributed by atoms with Crippen molar-refractivity contribution in [2.45, 2.75) is 45.6 Å². The van der Waals surface area contributed by atoms with Crippen LogP contribution in [0.25, 0.3) is 0 Å². The Balaban J connectivity index is 1.93. The second-order valence-corrected chi connectivity index (χ2v) is 5.95. The van der Waals surface area contributed by atoms with Crippen molar-refractivity contribution < 1.29 is 0 Å². The molecule has 1 unspecified atom stereocenters. The Labute approximate surface area is 107 Å². The first-order valence-corrected chi connectivity index (χ1v) is 6.97. The van der Waals surface area contributed by atoms with Crippen molar-refractivity contribution in [3.63, 3.8) is 0 Å². The molecule has 0 amide bonds. The second-order valence-electron chi connectivity index (χ2n) is 5.04. The van der Waals surface area contributed by atoms with Gasteiger partial charge < -0.3 is 5.32 Å². The maximum Gasteiger partial charge on any atom is 0.0383 e. The molecular formula is C14H20BrN. The summed E-state index contributed by atoms with van der Waals surface area (Å²) in [4.78, 5) is 0. The molecule has 1 fully saturated rings. The highest BCUT2D eigenvalue weighted by molar-refractivity contribution is 9.10. The van der Waals surface area contributed by atoms with E-state index in [1.807, 2.05) is 0 Å². The molecule has 2 heteroatoms. The lowest BCUT2D eigenvalue weighted by Gasteiger charge is -2.29. The lowest BCUT2D eigenvalue weighted by molar-refractivity contribution is 0.286. The van der Waals surface area contributed by atoms with Crippen molar-refractivity contribution in [3.8, 4) is 0 Å². The number of aryl methyl sites for hydroxylation is 1. The van der Waals surface area contributed by atoms with Crippen LogP contribution in [0, 0.1) is 12.8 Å². The molecule has 1 aromatic carbocycles. The zero-order chi connectivity index (χ0) is 11.5. The lowest BCUT2D eigenvalue weighted by atomic mass is 9.81. The first-order chi connectivity index (χ1) is 7.65. The predicted octanol–water partition coefficient (Wildman–Crippen LogP) is 4.75. The first-order valence-electron chi connectivity index (χ1n) is 6.18. The Morgan fingerprint density at radius 1 is 1.44 bits per heavy atom. The van der Waals surface area contributed by atoms with Crippen molar-refractivity contribution in [1.29, 1.82) is 0 Å². The monoisotopic (exact) mass is 281 g/mol. The van der Waals surface area contributed by atoms with Gasteiger partial charge >= 0.3 is 0 Å². The molecular weight excluding hydrogens is 262 g/mol. The summed E-state index contributed by atoms with van der Waals surface area (Å²) >= 11 is 3.52. The molecule has 16 heavy (non-hydrogen) atoms. The van der Waals surface area contributed by atoms with Crippen LogP contribution in [-0.4, -0.2) is 6.04 Å². The molecule has 1 N–H and O–H groups in total. The molecule has 0 aromatic heterocycles. The molecule has 1 atom stereocenters. The van der Waals surface area contributed by atoms with E-state index in [4.69, 9.17) is 0 Å². The summed E-state index contributed by atoms with van der Waals surface area (Å²) in [6.07, 6.45) is 5.62. The minimum atomic E-state index is 0.582. The van der Waals surface area contributed by atoms with Crippen LogP contribution in [0.4, 0.5) is 5.69 Å². The Bertz CT molecular complexity index is 358. The smallest absolute Gasteiger partial charge is 0.0383 e. The molecule has 1 aliphatic carbocycles. The van der Waals surface area contributed by atoms with Crippen molar-refractivity contribution in [2.24, 2.45) is 5.92 Å². The van der Waals surface area contributed by atoms with E-state index in [2.05, 4.69) is 53.3 Å². The Morgan fingerprint density at radius 3 is 2.81 bits per heavy atom. The summed E-state index contributed by atoms with van der Waals surface area (Å²) in [5.41, 5.74) is 2.59. The zero-order valence-corrected chi connectivity index (χ0v) is 11.7. The van der Waals surface area contributed by atoms with Crippen LogP contribution in [0.5, 0.6) is 0 Å². The summed E-state index contributed by atoms with van der Waals surface area (Å²) in [7, 11) is 0. The van der Waals surface area contributed by atoms with E-state index in [0.29, 0.717) is 6.04 Å². The molecule has 2 rings (SSSR count). The fourth-order valence-corrected chi connectivity index (χ4v) is 2.66. The zero-order valence-electron chi connectivity index (χ0n) is 10.1. The van der Waals surface area contributed by atoms with Crippen LogP contribution < -0.4 is 5.32 Å². The van der Waals surface area contributed by atoms with Gasteiger partial charge in [-0.3, -0.25) is 0 Å². The third-order valence-corrected chi connectivity index (χ3v) is 4.01. The van der Waals surface area contributed by atoms with Crippen LogP contribution in [-0.2, 0) is 0 Å². The van der Waals surface area contributed by atoms with Crippen molar-refractivity contribution >= 4 is 21.6 Å². The molecule has 1 saturated carbocycles. The Hall–Kier alpha value is -0.500. The van der Waals surface area contributed by atoms with Crippen molar-refractivity contribution in [2.75, 3.05) is 5.32 Å². The first kappa shape index (κ1) is 12.0. The molecule has 0 heterocycles. The van der Waals surface area contributed by atoms with Crippen LogP contribution in [0.2, 0.25) is 0 Å². The van der Waals surface area contributed by atoms with Gasteiger partial charge in [-0.15, -0.1) is 0 Å². The van der Waals surface area contributed by atoms with E-state index < -0.39 is 0 Å². The van der Waals surface area contributed by atoms with Gasteiger partial charge in [0.2, 0.25) is 0 Å². The normalized spacial score (nSPS) is 17.9. The highest BCUT2D eigenvalue weighted by Crippen LogP contribution is 2.31. The fraction of sp³-hybridized carbons (Fsp3) is 0.571. The van der Waals surface area contributed by atoms with Crippen LogP contribution in [0.15, 0.2) is 22.7 Å².